The predicted octanol–water partition coefficient (Wildman–Crippen LogP) is 2.51. The number of nitrogen functional groups attached to an aromatic ring is 1. The van der Waals surface area contributed by atoms with Crippen LogP contribution in [0.25, 0.3) is 0 Å². The molecule has 1 aromatic rings. The molecule has 0 spiro atoms. The molecule has 0 saturated carbocycles. The summed E-state index contributed by atoms with van der Waals surface area (Å²) in [6.07, 6.45) is -7.78. The molecule has 0 aromatic heterocycles. The van der Waals surface area contributed by atoms with E-state index in [1.807, 2.05) is 0 Å². The van der Waals surface area contributed by atoms with Gasteiger partial charge in [-0.05, 0) is 42.8 Å². The van der Waals surface area contributed by atoms with Crippen LogP contribution in [0, 0.1) is 5.89 Å². The summed E-state index contributed by atoms with van der Waals surface area (Å²) in [5.41, 5.74) is 3.60. The lowest BCUT2D eigenvalue weighted by molar-refractivity contribution is 0.447. The second-order valence-electron chi connectivity index (χ2n) is 2.45. The number of anilines is 2. The lowest BCUT2D eigenvalue weighted by atomic mass is 10.00. The van der Waals surface area contributed by atoms with E-state index < -0.39 is 74.0 Å². The summed E-state index contributed by atoms with van der Waals surface area (Å²) in [6.45, 7) is -11.5. The number of nitrogens with zero attached hydrogens (tertiary/aromatic N) is 1. The van der Waals surface area contributed by atoms with Crippen molar-refractivity contribution >= 4 is 11.4 Å². The minimum Gasteiger partial charge on any atom is -0.399 e. The van der Waals surface area contributed by atoms with Gasteiger partial charge >= 0.3 is 0 Å². The van der Waals surface area contributed by atoms with Gasteiger partial charge in [-0.25, -0.2) is 0 Å². The summed E-state index contributed by atoms with van der Waals surface area (Å²) in [7, 11) is 0. The summed E-state index contributed by atoms with van der Waals surface area (Å²) in [4.78, 5) is -0.319. The van der Waals surface area contributed by atoms with Crippen molar-refractivity contribution in [2.75, 3.05) is 23.6 Å². The van der Waals surface area contributed by atoms with Crippen molar-refractivity contribution in [1.82, 2.24) is 0 Å². The van der Waals surface area contributed by atoms with Crippen LogP contribution in [0.15, 0.2) is 24.2 Å². The molecular weight excluding hydrogens is 172 g/mol. The topological polar surface area (TPSA) is 29.3 Å². The second-order valence-corrected chi connectivity index (χ2v) is 2.45. The van der Waals surface area contributed by atoms with Crippen LogP contribution in [-0.2, 0) is 0 Å². The Bertz CT molecular complexity index is 860. The normalized spacial score (nSPS) is 59.6. The molecule has 1 aromatic carbocycles. The Labute approximate surface area is 108 Å². The fourth-order valence-electron chi connectivity index (χ4n) is 0.853. The van der Waals surface area contributed by atoms with Gasteiger partial charge in [0.1, 0.15) is 0 Å². The van der Waals surface area contributed by atoms with E-state index in [0.29, 0.717) is 0 Å². The molecule has 2 rings (SSSR count). The van der Waals surface area contributed by atoms with Crippen molar-refractivity contribution in [3.63, 3.8) is 0 Å². The standard InChI is InChI=1S/C12H18N2/c1-10-3-2-8-14(9-10)12-6-4-11(13)5-7-12/h4-7,10H,2-3,8-9,13H2,1H3/i1D3,2D2,3D2,4D,5D,6D,7D,8D2,9D2,10D. The third-order valence-corrected chi connectivity index (χ3v) is 1.43. The number of piperidine rings is 1. The molecule has 0 amide bonds. The van der Waals surface area contributed by atoms with Gasteiger partial charge in [-0.1, -0.05) is 6.85 Å². The summed E-state index contributed by atoms with van der Waals surface area (Å²) in [5, 5.41) is 0. The third kappa shape index (κ3) is 2.00. The maximum atomic E-state index is 8.28. The molecule has 2 heteroatoms. The van der Waals surface area contributed by atoms with Crippen molar-refractivity contribution in [2.45, 2.75) is 19.6 Å². The van der Waals surface area contributed by atoms with Gasteiger partial charge < -0.3 is 10.6 Å². The molecule has 1 atom stereocenters. The Morgan fingerprint density at radius 1 is 1.64 bits per heavy atom. The van der Waals surface area contributed by atoms with Gasteiger partial charge in [0.05, 0.1) is 5.48 Å². The van der Waals surface area contributed by atoms with E-state index in [1.165, 1.54) is 0 Å². The van der Waals surface area contributed by atoms with Crippen molar-refractivity contribution in [1.29, 1.82) is 0 Å². The molecule has 2 N–H and O–H groups in total. The van der Waals surface area contributed by atoms with Crippen LogP contribution in [0.1, 0.15) is 41.5 Å². The fraction of sp³-hybridized carbons (Fsp3) is 0.500. The van der Waals surface area contributed by atoms with Crippen molar-refractivity contribution in [2.24, 2.45) is 5.89 Å². The number of benzene rings is 1. The van der Waals surface area contributed by atoms with Crippen molar-refractivity contribution in [3.05, 3.63) is 24.2 Å². The van der Waals surface area contributed by atoms with Gasteiger partial charge in [-0.2, -0.15) is 0 Å². The number of rotatable bonds is 1. The molecule has 76 valence electrons. The van der Waals surface area contributed by atoms with Gasteiger partial charge in [0.15, 0.2) is 0 Å². The molecule has 0 bridgehead atoms. The zero-order valence-corrected chi connectivity index (χ0v) is 7.02. The predicted molar refractivity (Wildman–Crippen MR) is 61.5 cm³/mol. The molecule has 1 aliphatic rings. The van der Waals surface area contributed by atoms with Crippen LogP contribution in [0.4, 0.5) is 11.4 Å². The van der Waals surface area contributed by atoms with Gasteiger partial charge in [0.25, 0.3) is 0 Å². The second kappa shape index (κ2) is 3.91. The monoisotopic (exact) mass is 206 g/mol. The first-order valence-corrected chi connectivity index (χ1v) is 3.71. The molecular formula is C12H18N2. The maximum Gasteiger partial charge on any atom is 0.0645 e. The Morgan fingerprint density at radius 3 is 3.14 bits per heavy atom. The van der Waals surface area contributed by atoms with Crippen molar-refractivity contribution < 1.29 is 21.9 Å². The Morgan fingerprint density at radius 2 is 2.43 bits per heavy atom. The SMILES string of the molecule is [2H]c1c([2H])c(N2C([2H])([2H])C([2H])([2H])C([2H])([2H])C([2H])(C([2H])([2H])[2H])C2([2H])[2H])c([2H])c([2H])c1N. The highest BCUT2D eigenvalue weighted by atomic mass is 15.1. The first-order chi connectivity index (χ1) is 13.0. The lowest BCUT2D eigenvalue weighted by Gasteiger charge is -2.32. The fourth-order valence-corrected chi connectivity index (χ4v) is 0.853. The zero-order chi connectivity index (χ0) is 24.0. The minimum atomic E-state index is -3.95. The lowest BCUT2D eigenvalue weighted by Crippen LogP contribution is -2.34. The molecule has 2 nitrogen and oxygen atoms in total. The molecule has 14 heavy (non-hydrogen) atoms. The van der Waals surface area contributed by atoms with E-state index >= 15 is 0 Å². The van der Waals surface area contributed by atoms with E-state index in [2.05, 4.69) is 0 Å². The van der Waals surface area contributed by atoms with Crippen LogP contribution >= 0.6 is 0 Å². The quantitative estimate of drug-likeness (QED) is 0.715. The Balaban J connectivity index is 3.12. The largest absolute Gasteiger partial charge is 0.399 e. The molecule has 1 saturated heterocycles. The number of hydrogen-bond donors (Lipinski definition) is 1. The summed E-state index contributed by atoms with van der Waals surface area (Å²) in [6, 6.07) is -4.05. The van der Waals surface area contributed by atoms with Crippen LogP contribution in [0.5, 0.6) is 0 Å². The van der Waals surface area contributed by atoms with Crippen LogP contribution in [0.3, 0.4) is 0 Å². The summed E-state index contributed by atoms with van der Waals surface area (Å²) < 4.78 is 127. The van der Waals surface area contributed by atoms with Gasteiger partial charge in [-0.3, -0.25) is 0 Å². The van der Waals surface area contributed by atoms with E-state index in [1.54, 1.807) is 0 Å². The van der Waals surface area contributed by atoms with Crippen LogP contribution in [0.2, 0.25) is 0 Å². The minimum absolute atomic E-state index is 0.319. The first kappa shape index (κ1) is 2.01. The molecule has 1 fully saturated rings. The highest BCUT2D eigenvalue weighted by molar-refractivity contribution is 5.53. The van der Waals surface area contributed by atoms with E-state index in [9.17, 15) is 0 Å². The van der Waals surface area contributed by atoms with Gasteiger partial charge in [0.2, 0.25) is 0 Å². The Kier molecular flexibility index (Phi) is 0.562. The molecule has 0 aliphatic carbocycles. The summed E-state index contributed by atoms with van der Waals surface area (Å²) >= 11 is 0. The van der Waals surface area contributed by atoms with Crippen LogP contribution in [-0.4, -0.2) is 13.0 Å². The average molecular weight is 206 g/mol. The summed E-state index contributed by atoms with van der Waals surface area (Å²) in [5.74, 6) is -3.95. The average Bonchev–Trinajstić information content (AvgIpc) is 2.58. The smallest absolute Gasteiger partial charge is 0.0645 e. The number of hydrogen-bond acceptors (Lipinski definition) is 2. The zero-order valence-electron chi connectivity index (χ0n) is 23.0. The van der Waals surface area contributed by atoms with E-state index in [4.69, 9.17) is 27.7 Å². The van der Waals surface area contributed by atoms with Crippen LogP contribution < -0.4 is 10.6 Å². The third-order valence-electron chi connectivity index (χ3n) is 1.43. The first-order valence-electron chi connectivity index (χ1n) is 11.7. The van der Waals surface area contributed by atoms with Crippen molar-refractivity contribution in [3.8, 4) is 0 Å². The molecule has 0 radical (unpaired) electrons. The van der Waals surface area contributed by atoms with E-state index in [0.717, 1.165) is 0 Å². The van der Waals surface area contributed by atoms with Gasteiger partial charge in [-0.15, -0.1) is 0 Å². The Hall–Kier alpha value is -1.18. The molecule has 1 aliphatic heterocycles. The highest BCUT2D eigenvalue weighted by Crippen LogP contribution is 2.23. The van der Waals surface area contributed by atoms with Gasteiger partial charge in [0, 0.05) is 40.8 Å². The molecule has 1 heterocycles. The highest BCUT2D eigenvalue weighted by Gasteiger charge is 2.15. The van der Waals surface area contributed by atoms with E-state index in [-0.39, 0.29) is 4.90 Å². The molecule has 1 unspecified atom stereocenters. The maximum absolute atomic E-state index is 8.28. The number of nitrogens with two attached hydrogens (primary N) is 1.